The van der Waals surface area contributed by atoms with Crippen molar-refractivity contribution in [3.8, 4) is 0 Å². The zero-order valence-electron chi connectivity index (χ0n) is 10.9. The lowest BCUT2D eigenvalue weighted by molar-refractivity contribution is 0.0763. The van der Waals surface area contributed by atoms with Crippen molar-refractivity contribution in [1.29, 1.82) is 0 Å². The van der Waals surface area contributed by atoms with E-state index in [-0.39, 0.29) is 6.10 Å². The van der Waals surface area contributed by atoms with E-state index in [9.17, 15) is 5.11 Å². The van der Waals surface area contributed by atoms with E-state index in [1.807, 2.05) is 0 Å². The highest BCUT2D eigenvalue weighted by molar-refractivity contribution is 5.40. The third-order valence-corrected chi connectivity index (χ3v) is 4.34. The van der Waals surface area contributed by atoms with E-state index >= 15 is 0 Å². The van der Waals surface area contributed by atoms with Gasteiger partial charge in [-0.25, -0.2) is 4.98 Å². The molecule has 98 valence electrons. The number of hydrogen-bond donors (Lipinski definition) is 2. The molecule has 3 nitrogen and oxygen atoms in total. The molecule has 1 heterocycles. The molecule has 0 radical (unpaired) electrons. The first-order valence-corrected chi connectivity index (χ1v) is 7.23. The van der Waals surface area contributed by atoms with Crippen LogP contribution >= 0.6 is 0 Å². The van der Waals surface area contributed by atoms with Crippen LogP contribution in [-0.2, 0) is 12.8 Å². The summed E-state index contributed by atoms with van der Waals surface area (Å²) in [6.45, 7) is 0.854. The van der Waals surface area contributed by atoms with Gasteiger partial charge in [0.15, 0.2) is 0 Å². The average Bonchev–Trinajstić information content (AvgIpc) is 2.85. The minimum Gasteiger partial charge on any atom is -0.393 e. The molecular weight excluding hydrogens is 224 g/mol. The van der Waals surface area contributed by atoms with Gasteiger partial charge in [-0.05, 0) is 43.7 Å². The summed E-state index contributed by atoms with van der Waals surface area (Å²) in [6.07, 6.45) is 7.95. The molecule has 1 aromatic heterocycles. The van der Waals surface area contributed by atoms with Crippen LogP contribution in [0.1, 0.15) is 43.4 Å². The van der Waals surface area contributed by atoms with Crippen molar-refractivity contribution in [3.05, 3.63) is 23.4 Å². The zero-order valence-corrected chi connectivity index (χ0v) is 10.9. The molecular formula is C15H22N2O. The number of nitrogens with one attached hydrogen (secondary N) is 1. The van der Waals surface area contributed by atoms with Gasteiger partial charge in [-0.1, -0.05) is 18.9 Å². The lowest BCUT2D eigenvalue weighted by Gasteiger charge is -2.27. The molecule has 0 aromatic carbocycles. The first-order valence-electron chi connectivity index (χ1n) is 7.23. The molecule has 2 unspecified atom stereocenters. The minimum atomic E-state index is -0.124. The van der Waals surface area contributed by atoms with Crippen LogP contribution in [0.5, 0.6) is 0 Å². The van der Waals surface area contributed by atoms with Crippen LogP contribution in [0, 0.1) is 5.92 Å². The summed E-state index contributed by atoms with van der Waals surface area (Å²) in [4.78, 5) is 4.67. The van der Waals surface area contributed by atoms with Gasteiger partial charge >= 0.3 is 0 Å². The normalized spacial score (nSPS) is 26.9. The highest BCUT2D eigenvalue weighted by atomic mass is 16.3. The van der Waals surface area contributed by atoms with Crippen LogP contribution in [0.3, 0.4) is 0 Å². The third-order valence-electron chi connectivity index (χ3n) is 4.34. The maximum absolute atomic E-state index is 9.94. The minimum absolute atomic E-state index is 0.124. The molecule has 0 amide bonds. The Morgan fingerprint density at radius 1 is 1.17 bits per heavy atom. The van der Waals surface area contributed by atoms with E-state index in [0.717, 1.165) is 31.6 Å². The molecule has 0 bridgehead atoms. The van der Waals surface area contributed by atoms with Crippen molar-refractivity contribution >= 4 is 5.82 Å². The summed E-state index contributed by atoms with van der Waals surface area (Å²) in [5.74, 6) is 1.38. The van der Waals surface area contributed by atoms with Gasteiger partial charge in [0.25, 0.3) is 0 Å². The number of aliphatic hydroxyl groups excluding tert-OH is 1. The molecule has 18 heavy (non-hydrogen) atoms. The Kier molecular flexibility index (Phi) is 3.50. The fraction of sp³-hybridized carbons (Fsp3) is 0.667. The number of anilines is 1. The third kappa shape index (κ3) is 2.51. The zero-order chi connectivity index (χ0) is 12.4. The van der Waals surface area contributed by atoms with Crippen LogP contribution in [0.15, 0.2) is 12.1 Å². The Hall–Kier alpha value is -1.09. The van der Waals surface area contributed by atoms with Gasteiger partial charge in [0.05, 0.1) is 6.10 Å². The Balaban J connectivity index is 1.59. The monoisotopic (exact) mass is 246 g/mol. The van der Waals surface area contributed by atoms with E-state index < -0.39 is 0 Å². The second-order valence-corrected chi connectivity index (χ2v) is 5.65. The molecule has 0 aliphatic heterocycles. The number of aromatic nitrogens is 1. The highest BCUT2D eigenvalue weighted by Gasteiger charge is 2.22. The molecule has 3 rings (SSSR count). The number of hydrogen-bond acceptors (Lipinski definition) is 3. The smallest absolute Gasteiger partial charge is 0.126 e. The van der Waals surface area contributed by atoms with Crippen LogP contribution in [0.25, 0.3) is 0 Å². The van der Waals surface area contributed by atoms with E-state index in [2.05, 4.69) is 22.4 Å². The molecule has 2 aliphatic carbocycles. The summed E-state index contributed by atoms with van der Waals surface area (Å²) < 4.78 is 0. The fourth-order valence-electron chi connectivity index (χ4n) is 3.18. The molecule has 1 saturated carbocycles. The first-order chi connectivity index (χ1) is 8.83. The van der Waals surface area contributed by atoms with Crippen molar-refractivity contribution < 1.29 is 5.11 Å². The maximum atomic E-state index is 9.94. The van der Waals surface area contributed by atoms with Gasteiger partial charge < -0.3 is 10.4 Å². The summed E-state index contributed by atoms with van der Waals surface area (Å²) in [7, 11) is 0. The predicted molar refractivity (Wildman–Crippen MR) is 72.7 cm³/mol. The van der Waals surface area contributed by atoms with Crippen LogP contribution in [-0.4, -0.2) is 22.7 Å². The van der Waals surface area contributed by atoms with Crippen molar-refractivity contribution in [1.82, 2.24) is 4.98 Å². The molecule has 1 aromatic rings. The van der Waals surface area contributed by atoms with Gasteiger partial charge in [0, 0.05) is 18.2 Å². The molecule has 0 saturated heterocycles. The summed E-state index contributed by atoms with van der Waals surface area (Å²) in [6, 6.07) is 4.29. The molecule has 2 N–H and O–H groups in total. The first kappa shape index (κ1) is 12.0. The van der Waals surface area contributed by atoms with Crippen molar-refractivity contribution in [2.24, 2.45) is 5.92 Å². The van der Waals surface area contributed by atoms with Crippen LogP contribution in [0.4, 0.5) is 5.82 Å². The number of aryl methyl sites for hydroxylation is 2. The van der Waals surface area contributed by atoms with Crippen molar-refractivity contribution in [2.75, 3.05) is 11.9 Å². The number of nitrogens with zero attached hydrogens (tertiary/aromatic N) is 1. The van der Waals surface area contributed by atoms with Gasteiger partial charge in [-0.15, -0.1) is 0 Å². The summed E-state index contributed by atoms with van der Waals surface area (Å²) in [5, 5.41) is 13.3. The van der Waals surface area contributed by atoms with E-state index in [1.54, 1.807) is 0 Å². The van der Waals surface area contributed by atoms with Gasteiger partial charge in [-0.3, -0.25) is 0 Å². The number of rotatable bonds is 3. The molecule has 3 heteroatoms. The molecule has 0 spiro atoms. The number of pyridine rings is 1. The van der Waals surface area contributed by atoms with E-state index in [0.29, 0.717) is 5.92 Å². The summed E-state index contributed by atoms with van der Waals surface area (Å²) >= 11 is 0. The lowest BCUT2D eigenvalue weighted by atomic mass is 9.86. The van der Waals surface area contributed by atoms with Gasteiger partial charge in [0.2, 0.25) is 0 Å². The standard InChI is InChI=1S/C15H22N2O/c18-14-7-2-1-4-12(14)10-16-15-9-8-11-5-3-6-13(11)17-15/h8-9,12,14,18H,1-7,10H2,(H,16,17). The molecule has 2 aliphatic rings. The lowest BCUT2D eigenvalue weighted by Crippen LogP contribution is -2.30. The Morgan fingerprint density at radius 3 is 2.94 bits per heavy atom. The quantitative estimate of drug-likeness (QED) is 0.861. The van der Waals surface area contributed by atoms with E-state index in [4.69, 9.17) is 0 Å². The largest absolute Gasteiger partial charge is 0.393 e. The Labute approximate surface area is 109 Å². The molecule has 2 atom stereocenters. The van der Waals surface area contributed by atoms with Crippen molar-refractivity contribution in [3.63, 3.8) is 0 Å². The maximum Gasteiger partial charge on any atom is 0.126 e. The average molecular weight is 246 g/mol. The summed E-state index contributed by atoms with van der Waals surface area (Å²) in [5.41, 5.74) is 2.68. The molecule has 1 fully saturated rings. The number of aliphatic hydroxyl groups is 1. The van der Waals surface area contributed by atoms with E-state index in [1.165, 1.54) is 36.9 Å². The Bertz CT molecular complexity index is 419. The SMILES string of the molecule is OC1CCCCC1CNc1ccc2c(n1)CCC2. The van der Waals surface area contributed by atoms with Crippen LogP contribution in [0.2, 0.25) is 0 Å². The van der Waals surface area contributed by atoms with Gasteiger partial charge in [-0.2, -0.15) is 0 Å². The second-order valence-electron chi connectivity index (χ2n) is 5.65. The highest BCUT2D eigenvalue weighted by Crippen LogP contribution is 2.25. The number of fused-ring (bicyclic) bond motifs is 1. The second kappa shape index (κ2) is 5.27. The van der Waals surface area contributed by atoms with Crippen molar-refractivity contribution in [2.45, 2.75) is 51.0 Å². The fourth-order valence-corrected chi connectivity index (χ4v) is 3.18. The van der Waals surface area contributed by atoms with Gasteiger partial charge in [0.1, 0.15) is 5.82 Å². The Morgan fingerprint density at radius 2 is 2.06 bits per heavy atom. The topological polar surface area (TPSA) is 45.1 Å². The van der Waals surface area contributed by atoms with Crippen LogP contribution < -0.4 is 5.32 Å². The predicted octanol–water partition coefficient (Wildman–Crippen LogP) is 2.53.